The van der Waals surface area contributed by atoms with Gasteiger partial charge in [-0.2, -0.15) is 0 Å². The van der Waals surface area contributed by atoms with E-state index in [9.17, 15) is 17.6 Å². The Labute approximate surface area is 184 Å². The number of carbonyl (C=O) groups is 1. The van der Waals surface area contributed by atoms with Crippen LogP contribution in [0.1, 0.15) is 56.9 Å². The molecule has 1 saturated carbocycles. The quantitative estimate of drug-likeness (QED) is 0.662. The molecular formula is C22H34FN3O4S. The summed E-state index contributed by atoms with van der Waals surface area (Å²) in [5.74, 6) is 0.0450. The van der Waals surface area contributed by atoms with Gasteiger partial charge in [-0.25, -0.2) is 22.3 Å². The van der Waals surface area contributed by atoms with Crippen molar-refractivity contribution in [3.05, 3.63) is 35.6 Å². The second kappa shape index (κ2) is 10.7. The van der Waals surface area contributed by atoms with E-state index in [0.717, 1.165) is 43.9 Å². The summed E-state index contributed by atoms with van der Waals surface area (Å²) in [5.41, 5.74) is 0.771. The number of amides is 2. The van der Waals surface area contributed by atoms with Crippen molar-refractivity contribution in [3.63, 3.8) is 0 Å². The summed E-state index contributed by atoms with van der Waals surface area (Å²) in [6.07, 6.45) is 5.89. The standard InChI is InChI=1S/C22H34FN3O4S/c1-3-24-22(27)26-14-6-9-20(25-31(2,28)29)21(26)15-30-17-12-10-16(11-13-17)18-7-4-5-8-19(18)23/h4-5,7-8,16-17,20-21,25H,3,6,9-15H2,1-2H3,(H,24,27)/t16?,17?,20-,21+/m1/s1. The molecule has 1 aliphatic heterocycles. The molecule has 2 fully saturated rings. The maximum atomic E-state index is 14.1. The molecule has 2 amide bonds. The topological polar surface area (TPSA) is 87.7 Å². The lowest BCUT2D eigenvalue weighted by Crippen LogP contribution is -2.60. The number of nitrogens with one attached hydrogen (secondary N) is 2. The lowest BCUT2D eigenvalue weighted by molar-refractivity contribution is -0.0174. The Morgan fingerprint density at radius 2 is 1.90 bits per heavy atom. The number of likely N-dealkylation sites (tertiary alicyclic amines) is 1. The van der Waals surface area contributed by atoms with Crippen LogP contribution >= 0.6 is 0 Å². The zero-order chi connectivity index (χ0) is 22.4. The number of hydrogen-bond donors (Lipinski definition) is 2. The molecule has 7 nitrogen and oxygen atoms in total. The van der Waals surface area contributed by atoms with Crippen molar-refractivity contribution in [2.24, 2.45) is 0 Å². The highest BCUT2D eigenvalue weighted by molar-refractivity contribution is 7.88. The minimum atomic E-state index is -3.40. The molecule has 0 bridgehead atoms. The first-order chi connectivity index (χ1) is 14.8. The molecule has 2 aliphatic rings. The summed E-state index contributed by atoms with van der Waals surface area (Å²) in [4.78, 5) is 14.2. The van der Waals surface area contributed by atoms with Gasteiger partial charge in [-0.1, -0.05) is 18.2 Å². The Bertz CT molecular complexity index is 843. The smallest absolute Gasteiger partial charge is 0.317 e. The number of rotatable bonds is 7. The molecule has 9 heteroatoms. The van der Waals surface area contributed by atoms with Gasteiger partial charge in [-0.15, -0.1) is 0 Å². The Morgan fingerprint density at radius 3 is 2.55 bits per heavy atom. The predicted molar refractivity (Wildman–Crippen MR) is 118 cm³/mol. The first kappa shape index (κ1) is 23.9. The van der Waals surface area contributed by atoms with E-state index in [-0.39, 0.29) is 42.6 Å². The van der Waals surface area contributed by atoms with Crippen LogP contribution in [-0.2, 0) is 14.8 Å². The molecule has 0 aromatic heterocycles. The summed E-state index contributed by atoms with van der Waals surface area (Å²) in [5, 5.41) is 2.81. The molecule has 1 heterocycles. The zero-order valence-corrected chi connectivity index (χ0v) is 19.2. The predicted octanol–water partition coefficient (Wildman–Crippen LogP) is 2.98. The number of sulfonamides is 1. The number of urea groups is 1. The van der Waals surface area contributed by atoms with Crippen LogP contribution in [0.3, 0.4) is 0 Å². The zero-order valence-electron chi connectivity index (χ0n) is 18.3. The second-order valence-electron chi connectivity index (χ2n) is 8.56. The summed E-state index contributed by atoms with van der Waals surface area (Å²) < 4.78 is 46.7. The number of piperidine rings is 1. The van der Waals surface area contributed by atoms with Crippen molar-refractivity contribution in [3.8, 4) is 0 Å². The van der Waals surface area contributed by atoms with Gasteiger partial charge >= 0.3 is 6.03 Å². The van der Waals surface area contributed by atoms with E-state index in [1.165, 1.54) is 6.07 Å². The van der Waals surface area contributed by atoms with Gasteiger partial charge in [0.1, 0.15) is 5.82 Å². The second-order valence-corrected chi connectivity index (χ2v) is 10.3. The Kier molecular flexibility index (Phi) is 8.30. The van der Waals surface area contributed by atoms with Crippen LogP contribution in [0.5, 0.6) is 0 Å². The Balaban J connectivity index is 1.61. The number of hydrogen-bond acceptors (Lipinski definition) is 4. The molecule has 1 aliphatic carbocycles. The number of benzene rings is 1. The van der Waals surface area contributed by atoms with Crippen LogP contribution in [0.2, 0.25) is 0 Å². The first-order valence-electron chi connectivity index (χ1n) is 11.2. The molecule has 31 heavy (non-hydrogen) atoms. The molecule has 2 atom stereocenters. The van der Waals surface area contributed by atoms with Gasteiger partial charge < -0.3 is 15.0 Å². The minimum absolute atomic E-state index is 0.0277. The van der Waals surface area contributed by atoms with E-state index in [0.29, 0.717) is 19.5 Å². The molecule has 1 aromatic rings. The summed E-state index contributed by atoms with van der Waals surface area (Å²) in [6.45, 7) is 3.21. The van der Waals surface area contributed by atoms with Crippen LogP contribution in [0, 0.1) is 5.82 Å². The third kappa shape index (κ3) is 6.63. The molecular weight excluding hydrogens is 421 g/mol. The molecule has 1 aromatic carbocycles. The van der Waals surface area contributed by atoms with E-state index in [1.807, 2.05) is 19.1 Å². The maximum absolute atomic E-state index is 14.1. The van der Waals surface area contributed by atoms with Crippen LogP contribution in [0.25, 0.3) is 0 Å². The lowest BCUT2D eigenvalue weighted by atomic mass is 9.82. The monoisotopic (exact) mass is 455 g/mol. The highest BCUT2D eigenvalue weighted by Gasteiger charge is 2.37. The van der Waals surface area contributed by atoms with Gasteiger partial charge in [-0.05, 0) is 63.0 Å². The molecule has 0 spiro atoms. The molecule has 3 rings (SSSR count). The van der Waals surface area contributed by atoms with Gasteiger partial charge in [0.25, 0.3) is 0 Å². The fourth-order valence-corrected chi connectivity index (χ4v) is 5.59. The van der Waals surface area contributed by atoms with Gasteiger partial charge in [0.05, 0.1) is 25.0 Å². The average molecular weight is 456 g/mol. The van der Waals surface area contributed by atoms with Crippen molar-refractivity contribution in [1.82, 2.24) is 14.9 Å². The third-order valence-electron chi connectivity index (χ3n) is 6.26. The highest BCUT2D eigenvalue weighted by atomic mass is 32.2. The van der Waals surface area contributed by atoms with Crippen LogP contribution < -0.4 is 10.0 Å². The van der Waals surface area contributed by atoms with E-state index < -0.39 is 10.0 Å². The fourth-order valence-electron chi connectivity index (χ4n) is 4.76. The molecule has 1 saturated heterocycles. The van der Waals surface area contributed by atoms with Crippen molar-refractivity contribution >= 4 is 16.1 Å². The maximum Gasteiger partial charge on any atom is 0.317 e. The number of halogens is 1. The molecule has 2 N–H and O–H groups in total. The van der Waals surface area contributed by atoms with E-state index in [2.05, 4.69) is 10.0 Å². The largest absolute Gasteiger partial charge is 0.376 e. The lowest BCUT2D eigenvalue weighted by Gasteiger charge is -2.42. The third-order valence-corrected chi connectivity index (χ3v) is 6.99. The molecule has 0 radical (unpaired) electrons. The van der Waals surface area contributed by atoms with E-state index in [1.54, 1.807) is 11.0 Å². The van der Waals surface area contributed by atoms with Crippen LogP contribution in [0.15, 0.2) is 24.3 Å². The molecule has 0 unspecified atom stereocenters. The minimum Gasteiger partial charge on any atom is -0.376 e. The summed E-state index contributed by atoms with van der Waals surface area (Å²) >= 11 is 0. The number of ether oxygens (including phenoxy) is 1. The highest BCUT2D eigenvalue weighted by Crippen LogP contribution is 2.35. The van der Waals surface area contributed by atoms with Crippen molar-refractivity contribution in [2.45, 2.75) is 69.6 Å². The van der Waals surface area contributed by atoms with Crippen LogP contribution in [-0.4, -0.2) is 63.5 Å². The van der Waals surface area contributed by atoms with Gasteiger partial charge in [0.2, 0.25) is 10.0 Å². The fraction of sp³-hybridized carbons (Fsp3) is 0.682. The first-order valence-corrected chi connectivity index (χ1v) is 13.1. The van der Waals surface area contributed by atoms with E-state index in [4.69, 9.17) is 4.74 Å². The SMILES string of the molecule is CCNC(=O)N1CCC[C@@H](NS(C)(=O)=O)[C@@H]1COC1CCC(c2ccccc2F)CC1. The van der Waals surface area contributed by atoms with Gasteiger partial charge in [-0.3, -0.25) is 0 Å². The van der Waals surface area contributed by atoms with Gasteiger partial charge in [0.15, 0.2) is 0 Å². The molecule has 174 valence electrons. The van der Waals surface area contributed by atoms with Crippen LogP contribution in [0.4, 0.5) is 9.18 Å². The Hall–Kier alpha value is -1.71. The average Bonchev–Trinajstić information content (AvgIpc) is 2.72. The Morgan fingerprint density at radius 1 is 1.19 bits per heavy atom. The summed E-state index contributed by atoms with van der Waals surface area (Å²) in [6, 6.07) is 6.01. The van der Waals surface area contributed by atoms with Gasteiger partial charge in [0, 0.05) is 19.1 Å². The number of carbonyl (C=O) groups excluding carboxylic acids is 1. The number of nitrogens with zero attached hydrogens (tertiary/aromatic N) is 1. The van der Waals surface area contributed by atoms with Crippen molar-refractivity contribution in [2.75, 3.05) is 26.0 Å². The normalized spacial score (nSPS) is 27.1. The summed E-state index contributed by atoms with van der Waals surface area (Å²) in [7, 11) is -3.40. The van der Waals surface area contributed by atoms with Crippen molar-refractivity contribution in [1.29, 1.82) is 0 Å². The van der Waals surface area contributed by atoms with E-state index >= 15 is 0 Å². The van der Waals surface area contributed by atoms with Crippen molar-refractivity contribution < 1.29 is 22.3 Å².